The first-order valence-corrected chi connectivity index (χ1v) is 11.5. The van der Waals surface area contributed by atoms with Crippen molar-refractivity contribution in [2.75, 3.05) is 19.7 Å². The van der Waals surface area contributed by atoms with Crippen LogP contribution in [0.2, 0.25) is 0 Å². The molecule has 27 heavy (non-hydrogen) atoms. The second-order valence-corrected chi connectivity index (χ2v) is 9.16. The lowest BCUT2D eigenvalue weighted by atomic mass is 9.89. The second kappa shape index (κ2) is 8.74. The number of ether oxygens (including phenoxy) is 1. The average Bonchev–Trinajstić information content (AvgIpc) is 3.31. The van der Waals surface area contributed by atoms with E-state index >= 15 is 0 Å². The molecule has 0 spiro atoms. The van der Waals surface area contributed by atoms with Crippen molar-refractivity contribution in [3.63, 3.8) is 0 Å². The van der Waals surface area contributed by atoms with Crippen LogP contribution in [0, 0.1) is 0 Å². The van der Waals surface area contributed by atoms with Crippen LogP contribution in [0.25, 0.3) is 10.6 Å². The number of aryl methyl sites for hydroxylation is 1. The number of fused-ring (bicyclic) bond motifs is 1. The molecule has 3 nitrogen and oxygen atoms in total. The Morgan fingerprint density at radius 3 is 2.78 bits per heavy atom. The summed E-state index contributed by atoms with van der Waals surface area (Å²) >= 11 is 1.89. The molecule has 0 radical (unpaired) electrons. The van der Waals surface area contributed by atoms with Gasteiger partial charge in [-0.3, -0.25) is 0 Å². The molecular formula is C23H32N2OS. The SMILES string of the molecule is CCC1CCCc2sc(-c3ccc(OCCCN4CCCC4C)cc3)nc21. The Morgan fingerprint density at radius 2 is 2.04 bits per heavy atom. The molecule has 2 aliphatic rings. The second-order valence-electron chi connectivity index (χ2n) is 8.08. The van der Waals surface area contributed by atoms with Gasteiger partial charge in [-0.05, 0) is 82.7 Å². The van der Waals surface area contributed by atoms with Gasteiger partial charge in [-0.1, -0.05) is 6.92 Å². The summed E-state index contributed by atoms with van der Waals surface area (Å²) in [6.07, 6.45) is 8.83. The smallest absolute Gasteiger partial charge is 0.123 e. The molecule has 0 N–H and O–H groups in total. The Hall–Kier alpha value is -1.39. The minimum atomic E-state index is 0.666. The van der Waals surface area contributed by atoms with Crippen molar-refractivity contribution in [3.8, 4) is 16.3 Å². The molecule has 2 atom stereocenters. The first-order chi connectivity index (χ1) is 13.2. The van der Waals surface area contributed by atoms with Crippen LogP contribution in [0.1, 0.15) is 68.9 Å². The Morgan fingerprint density at radius 1 is 1.19 bits per heavy atom. The van der Waals surface area contributed by atoms with E-state index in [4.69, 9.17) is 9.72 Å². The lowest BCUT2D eigenvalue weighted by Gasteiger charge is -2.20. The van der Waals surface area contributed by atoms with Gasteiger partial charge in [0.05, 0.1) is 12.3 Å². The molecule has 1 aliphatic heterocycles. The van der Waals surface area contributed by atoms with Crippen molar-refractivity contribution < 1.29 is 4.74 Å². The van der Waals surface area contributed by atoms with Crippen LogP contribution in [0.4, 0.5) is 0 Å². The highest BCUT2D eigenvalue weighted by atomic mass is 32.1. The number of likely N-dealkylation sites (tertiary alicyclic amines) is 1. The maximum absolute atomic E-state index is 5.96. The molecule has 0 saturated carbocycles. The average molecular weight is 385 g/mol. The third-order valence-electron chi connectivity index (χ3n) is 6.21. The molecule has 0 amide bonds. The molecule has 4 heteroatoms. The van der Waals surface area contributed by atoms with Crippen molar-refractivity contribution in [1.82, 2.24) is 9.88 Å². The molecule has 1 aliphatic carbocycles. The summed E-state index contributed by atoms with van der Waals surface area (Å²) in [7, 11) is 0. The van der Waals surface area contributed by atoms with Gasteiger partial charge in [-0.2, -0.15) is 0 Å². The summed E-state index contributed by atoms with van der Waals surface area (Å²) in [5.41, 5.74) is 2.60. The van der Waals surface area contributed by atoms with Crippen molar-refractivity contribution in [2.45, 2.75) is 70.8 Å². The fourth-order valence-electron chi connectivity index (χ4n) is 4.50. The highest BCUT2D eigenvalue weighted by Crippen LogP contribution is 2.39. The van der Waals surface area contributed by atoms with E-state index in [0.29, 0.717) is 5.92 Å². The van der Waals surface area contributed by atoms with Gasteiger partial charge in [-0.15, -0.1) is 11.3 Å². The van der Waals surface area contributed by atoms with Crippen LogP contribution >= 0.6 is 11.3 Å². The van der Waals surface area contributed by atoms with Crippen LogP contribution in [-0.2, 0) is 6.42 Å². The van der Waals surface area contributed by atoms with Gasteiger partial charge < -0.3 is 9.64 Å². The largest absolute Gasteiger partial charge is 0.494 e. The van der Waals surface area contributed by atoms with Gasteiger partial charge in [0.15, 0.2) is 0 Å². The fraction of sp³-hybridized carbons (Fsp3) is 0.609. The van der Waals surface area contributed by atoms with Gasteiger partial charge in [0.1, 0.15) is 10.8 Å². The minimum absolute atomic E-state index is 0.666. The van der Waals surface area contributed by atoms with Gasteiger partial charge in [-0.25, -0.2) is 4.98 Å². The van der Waals surface area contributed by atoms with E-state index in [-0.39, 0.29) is 0 Å². The van der Waals surface area contributed by atoms with Crippen molar-refractivity contribution in [3.05, 3.63) is 34.8 Å². The van der Waals surface area contributed by atoms with E-state index in [9.17, 15) is 0 Å². The minimum Gasteiger partial charge on any atom is -0.494 e. The summed E-state index contributed by atoms with van der Waals surface area (Å²) < 4.78 is 5.96. The number of aromatic nitrogens is 1. The van der Waals surface area contributed by atoms with Crippen molar-refractivity contribution in [1.29, 1.82) is 0 Å². The van der Waals surface area contributed by atoms with E-state index in [1.165, 1.54) is 66.2 Å². The molecular weight excluding hydrogens is 352 g/mol. The lowest BCUT2D eigenvalue weighted by molar-refractivity contribution is 0.230. The normalized spacial score (nSPS) is 22.7. The van der Waals surface area contributed by atoms with Gasteiger partial charge >= 0.3 is 0 Å². The lowest BCUT2D eigenvalue weighted by Crippen LogP contribution is -2.28. The molecule has 1 aromatic carbocycles. The summed E-state index contributed by atoms with van der Waals surface area (Å²) in [6.45, 7) is 7.84. The molecule has 2 aromatic rings. The molecule has 1 saturated heterocycles. The van der Waals surface area contributed by atoms with Crippen LogP contribution in [0.3, 0.4) is 0 Å². The number of rotatable bonds is 7. The molecule has 1 fully saturated rings. The molecule has 2 unspecified atom stereocenters. The summed E-state index contributed by atoms with van der Waals surface area (Å²) in [5.74, 6) is 1.64. The summed E-state index contributed by atoms with van der Waals surface area (Å²) in [6, 6.07) is 9.30. The van der Waals surface area contributed by atoms with Gasteiger partial charge in [0.2, 0.25) is 0 Å². The number of benzene rings is 1. The van der Waals surface area contributed by atoms with E-state index in [2.05, 4.69) is 43.0 Å². The number of nitrogens with zero attached hydrogens (tertiary/aromatic N) is 2. The monoisotopic (exact) mass is 384 g/mol. The molecule has 4 rings (SSSR count). The Bertz CT molecular complexity index is 739. The molecule has 146 valence electrons. The van der Waals surface area contributed by atoms with Gasteiger partial charge in [0, 0.05) is 28.9 Å². The standard InChI is InChI=1S/C23H32N2OS/c1-3-18-8-4-9-21-22(18)24-23(27-21)19-10-12-20(13-11-19)26-16-6-15-25-14-5-7-17(25)2/h10-13,17-18H,3-9,14-16H2,1-2H3. The molecule has 0 bridgehead atoms. The Balaban J connectivity index is 1.32. The van der Waals surface area contributed by atoms with Gasteiger partial charge in [0.25, 0.3) is 0 Å². The van der Waals surface area contributed by atoms with Crippen molar-refractivity contribution in [2.24, 2.45) is 0 Å². The number of thiazole rings is 1. The first-order valence-electron chi connectivity index (χ1n) is 10.7. The zero-order valence-electron chi connectivity index (χ0n) is 16.7. The predicted octanol–water partition coefficient (Wildman–Crippen LogP) is 5.89. The topological polar surface area (TPSA) is 25.4 Å². The summed E-state index contributed by atoms with van der Waals surface area (Å²) in [4.78, 5) is 9.10. The zero-order valence-corrected chi connectivity index (χ0v) is 17.6. The van der Waals surface area contributed by atoms with E-state index in [1.54, 1.807) is 0 Å². The quantitative estimate of drug-likeness (QED) is 0.556. The predicted molar refractivity (Wildman–Crippen MR) is 114 cm³/mol. The Labute approximate surface area is 167 Å². The highest BCUT2D eigenvalue weighted by Gasteiger charge is 2.23. The molecule has 1 aromatic heterocycles. The van der Waals surface area contributed by atoms with E-state index < -0.39 is 0 Å². The molecule has 2 heterocycles. The highest BCUT2D eigenvalue weighted by molar-refractivity contribution is 7.15. The maximum atomic E-state index is 5.96. The van der Waals surface area contributed by atoms with E-state index in [0.717, 1.165) is 31.4 Å². The fourth-order valence-corrected chi connectivity index (χ4v) is 5.70. The van der Waals surface area contributed by atoms with Crippen LogP contribution in [0.5, 0.6) is 5.75 Å². The Kier molecular flexibility index (Phi) is 6.14. The number of hydrogen-bond acceptors (Lipinski definition) is 4. The third-order valence-corrected chi connectivity index (χ3v) is 7.39. The van der Waals surface area contributed by atoms with Crippen LogP contribution in [-0.4, -0.2) is 35.6 Å². The third kappa shape index (κ3) is 4.38. The zero-order chi connectivity index (χ0) is 18.6. The van der Waals surface area contributed by atoms with Crippen molar-refractivity contribution >= 4 is 11.3 Å². The summed E-state index contributed by atoms with van der Waals surface area (Å²) in [5, 5.41) is 1.18. The van der Waals surface area contributed by atoms with Crippen LogP contribution in [0.15, 0.2) is 24.3 Å². The number of hydrogen-bond donors (Lipinski definition) is 0. The van der Waals surface area contributed by atoms with E-state index in [1.807, 2.05) is 11.3 Å². The van der Waals surface area contributed by atoms with Crippen LogP contribution < -0.4 is 4.74 Å². The maximum Gasteiger partial charge on any atom is 0.123 e. The first kappa shape index (κ1) is 18.9.